The van der Waals surface area contributed by atoms with E-state index >= 15 is 0 Å². The molecular weight excluding hydrogens is 259 g/mol. The van der Waals surface area contributed by atoms with Gasteiger partial charge in [-0.1, -0.05) is 6.07 Å². The van der Waals surface area contributed by atoms with Gasteiger partial charge in [0.05, 0.1) is 5.56 Å². The van der Waals surface area contributed by atoms with Crippen molar-refractivity contribution in [1.29, 1.82) is 0 Å². The summed E-state index contributed by atoms with van der Waals surface area (Å²) < 4.78 is 37.4. The van der Waals surface area contributed by atoms with E-state index in [4.69, 9.17) is 0 Å². The van der Waals surface area contributed by atoms with Gasteiger partial charge in [-0.3, -0.25) is 4.79 Å². The molecule has 0 spiro atoms. The third-order valence-corrected chi connectivity index (χ3v) is 2.62. The van der Waals surface area contributed by atoms with E-state index in [1.54, 1.807) is 13.0 Å². The zero-order chi connectivity index (χ0) is 14.8. The number of nitrogens with zero attached hydrogens (tertiary/aromatic N) is 1. The van der Waals surface area contributed by atoms with Crippen molar-refractivity contribution in [3.63, 3.8) is 0 Å². The fourth-order valence-corrected chi connectivity index (χ4v) is 1.66. The molecule has 0 saturated heterocycles. The molecule has 1 aromatic carbocycles. The molecule has 0 aliphatic heterocycles. The molecular formula is C13H16F3NO2. The van der Waals surface area contributed by atoms with Gasteiger partial charge in [-0.2, -0.15) is 13.2 Å². The van der Waals surface area contributed by atoms with E-state index in [9.17, 15) is 23.1 Å². The van der Waals surface area contributed by atoms with Crippen LogP contribution in [-0.2, 0) is 0 Å². The van der Waals surface area contributed by atoms with E-state index in [2.05, 4.69) is 0 Å². The molecule has 106 valence electrons. The van der Waals surface area contributed by atoms with Gasteiger partial charge in [0.1, 0.15) is 12.3 Å². The fourth-order valence-electron chi connectivity index (χ4n) is 1.66. The van der Waals surface area contributed by atoms with Crippen molar-refractivity contribution >= 4 is 5.91 Å². The molecule has 3 nitrogen and oxygen atoms in total. The quantitative estimate of drug-likeness (QED) is 0.920. The smallest absolute Gasteiger partial charge is 0.406 e. The molecule has 0 bridgehead atoms. The van der Waals surface area contributed by atoms with Crippen LogP contribution >= 0.6 is 0 Å². The van der Waals surface area contributed by atoms with Gasteiger partial charge in [-0.25, -0.2) is 0 Å². The van der Waals surface area contributed by atoms with Crippen LogP contribution in [0.5, 0.6) is 5.75 Å². The molecule has 0 saturated carbocycles. The lowest BCUT2D eigenvalue weighted by Gasteiger charge is -2.28. The number of aryl methyl sites for hydroxylation is 1. The van der Waals surface area contributed by atoms with Crippen LogP contribution in [0, 0.1) is 6.92 Å². The lowest BCUT2D eigenvalue weighted by molar-refractivity contribution is -0.143. The molecule has 6 heteroatoms. The summed E-state index contributed by atoms with van der Waals surface area (Å²) in [4.78, 5) is 12.7. The van der Waals surface area contributed by atoms with Crippen molar-refractivity contribution < 1.29 is 23.1 Å². The second-order valence-electron chi connectivity index (χ2n) is 4.66. The minimum absolute atomic E-state index is 0.122. The number of phenols is 1. The first kappa shape index (κ1) is 15.3. The van der Waals surface area contributed by atoms with Crippen LogP contribution in [0.1, 0.15) is 29.8 Å². The Morgan fingerprint density at radius 1 is 1.37 bits per heavy atom. The van der Waals surface area contributed by atoms with Crippen LogP contribution < -0.4 is 0 Å². The van der Waals surface area contributed by atoms with Gasteiger partial charge < -0.3 is 10.0 Å². The van der Waals surface area contributed by atoms with Gasteiger partial charge in [0.25, 0.3) is 5.91 Å². The van der Waals surface area contributed by atoms with E-state index in [0.29, 0.717) is 4.90 Å². The fraction of sp³-hybridized carbons (Fsp3) is 0.462. The van der Waals surface area contributed by atoms with E-state index in [-0.39, 0.29) is 11.3 Å². The maximum absolute atomic E-state index is 12.5. The molecule has 0 heterocycles. The normalized spacial score (nSPS) is 11.7. The molecule has 19 heavy (non-hydrogen) atoms. The SMILES string of the molecule is Cc1ccc(C(=O)N(CC(F)(F)F)C(C)C)c(O)c1. The summed E-state index contributed by atoms with van der Waals surface area (Å²) >= 11 is 0. The second-order valence-corrected chi connectivity index (χ2v) is 4.66. The molecule has 0 aliphatic carbocycles. The first-order valence-electron chi connectivity index (χ1n) is 5.79. The van der Waals surface area contributed by atoms with Crippen LogP contribution in [0.15, 0.2) is 18.2 Å². The molecule has 1 N–H and O–H groups in total. The summed E-state index contributed by atoms with van der Waals surface area (Å²) in [5.74, 6) is -1.14. The molecule has 0 aromatic heterocycles. The molecule has 0 fully saturated rings. The van der Waals surface area contributed by atoms with Crippen molar-refractivity contribution in [3.05, 3.63) is 29.3 Å². The Kier molecular flexibility index (Phi) is 4.44. The van der Waals surface area contributed by atoms with Gasteiger partial charge in [-0.15, -0.1) is 0 Å². The highest BCUT2D eigenvalue weighted by atomic mass is 19.4. The minimum atomic E-state index is -4.47. The van der Waals surface area contributed by atoms with Crippen molar-refractivity contribution in [2.24, 2.45) is 0 Å². The number of aromatic hydroxyl groups is 1. The zero-order valence-corrected chi connectivity index (χ0v) is 11.0. The first-order valence-corrected chi connectivity index (χ1v) is 5.79. The summed E-state index contributed by atoms with van der Waals surface area (Å²) in [5.41, 5.74) is 0.601. The van der Waals surface area contributed by atoms with Crippen molar-refractivity contribution in [3.8, 4) is 5.75 Å². The number of phenolic OH excluding ortho intramolecular Hbond substituents is 1. The van der Waals surface area contributed by atoms with E-state index < -0.39 is 24.7 Å². The molecule has 1 amide bonds. The number of alkyl halides is 3. The standard InChI is InChI=1S/C13H16F3NO2/c1-8(2)17(7-13(14,15)16)12(19)10-5-4-9(3)6-11(10)18/h4-6,8,18H,7H2,1-3H3. The molecule has 0 radical (unpaired) electrons. The molecule has 1 aromatic rings. The van der Waals surface area contributed by atoms with Crippen LogP contribution in [0.25, 0.3) is 0 Å². The van der Waals surface area contributed by atoms with Crippen LogP contribution in [0.4, 0.5) is 13.2 Å². The molecule has 1 rings (SSSR count). The van der Waals surface area contributed by atoms with Gasteiger partial charge in [0.2, 0.25) is 0 Å². The summed E-state index contributed by atoms with van der Waals surface area (Å²) in [5, 5.41) is 9.66. The topological polar surface area (TPSA) is 40.5 Å². The highest BCUT2D eigenvalue weighted by molar-refractivity contribution is 5.97. The monoisotopic (exact) mass is 275 g/mol. The molecule has 0 atom stereocenters. The van der Waals surface area contributed by atoms with Gasteiger partial charge >= 0.3 is 6.18 Å². The van der Waals surface area contributed by atoms with E-state index in [1.165, 1.54) is 26.0 Å². The zero-order valence-electron chi connectivity index (χ0n) is 11.0. The Labute approximate surface area is 109 Å². The number of hydrogen-bond donors (Lipinski definition) is 1. The maximum atomic E-state index is 12.5. The van der Waals surface area contributed by atoms with Crippen LogP contribution in [-0.4, -0.2) is 34.7 Å². The minimum Gasteiger partial charge on any atom is -0.507 e. The van der Waals surface area contributed by atoms with Crippen molar-refractivity contribution in [2.45, 2.75) is 33.0 Å². The lowest BCUT2D eigenvalue weighted by atomic mass is 10.1. The van der Waals surface area contributed by atoms with Crippen LogP contribution in [0.2, 0.25) is 0 Å². The number of carbonyl (C=O) groups is 1. The number of hydrogen-bond acceptors (Lipinski definition) is 2. The van der Waals surface area contributed by atoms with Crippen LogP contribution in [0.3, 0.4) is 0 Å². The predicted molar refractivity (Wildman–Crippen MR) is 65.1 cm³/mol. The second kappa shape index (κ2) is 5.50. The van der Waals surface area contributed by atoms with Gasteiger partial charge in [0, 0.05) is 6.04 Å². The summed E-state index contributed by atoms with van der Waals surface area (Å²) in [6.45, 7) is 3.37. The number of carbonyl (C=O) groups excluding carboxylic acids is 1. The Bertz CT molecular complexity index is 469. The van der Waals surface area contributed by atoms with Crippen molar-refractivity contribution in [2.75, 3.05) is 6.54 Å². The largest absolute Gasteiger partial charge is 0.507 e. The maximum Gasteiger partial charge on any atom is 0.406 e. The lowest BCUT2D eigenvalue weighted by Crippen LogP contribution is -2.43. The Morgan fingerprint density at radius 2 is 1.95 bits per heavy atom. The van der Waals surface area contributed by atoms with E-state index in [1.807, 2.05) is 0 Å². The molecule has 0 unspecified atom stereocenters. The summed E-state index contributed by atoms with van der Waals surface area (Å²) in [6.07, 6.45) is -4.47. The highest BCUT2D eigenvalue weighted by Crippen LogP contribution is 2.24. The Balaban J connectivity index is 3.06. The Hall–Kier alpha value is -1.72. The average Bonchev–Trinajstić information content (AvgIpc) is 2.23. The number of benzene rings is 1. The van der Waals surface area contributed by atoms with E-state index in [0.717, 1.165) is 5.56 Å². The molecule has 0 aliphatic rings. The first-order chi connectivity index (χ1) is 8.61. The van der Waals surface area contributed by atoms with Crippen molar-refractivity contribution in [1.82, 2.24) is 4.90 Å². The third kappa shape index (κ3) is 4.15. The van der Waals surface area contributed by atoms with Gasteiger partial charge in [-0.05, 0) is 38.5 Å². The number of amides is 1. The average molecular weight is 275 g/mol. The summed E-state index contributed by atoms with van der Waals surface area (Å²) in [6, 6.07) is 3.63. The number of rotatable bonds is 3. The van der Waals surface area contributed by atoms with Gasteiger partial charge in [0.15, 0.2) is 0 Å². The third-order valence-electron chi connectivity index (χ3n) is 2.62. The highest BCUT2D eigenvalue weighted by Gasteiger charge is 2.35. The summed E-state index contributed by atoms with van der Waals surface area (Å²) in [7, 11) is 0. The predicted octanol–water partition coefficient (Wildman–Crippen LogP) is 3.11. The number of halogens is 3. The Morgan fingerprint density at radius 3 is 2.37 bits per heavy atom.